The summed E-state index contributed by atoms with van der Waals surface area (Å²) in [6.45, 7) is 0.225. The standard InChI is InChI=1S/C22H25N5O7/c28-13-15(12-20(31)32)24-21(33)17-2-1-11-26-19(30)6-4-16(22(34)27(17)26)25-18(29)5-3-14-7-9-23-10-8-14/h3,5,7-10,13,15-17H,1-2,4,6,11-12H2,(H,24,33)(H,25,29)(H,31,32)/b5-3+. The van der Waals surface area contributed by atoms with Crippen LogP contribution in [0.2, 0.25) is 0 Å². The number of fused-ring (bicyclic) bond motifs is 1. The van der Waals surface area contributed by atoms with E-state index >= 15 is 0 Å². The minimum Gasteiger partial charge on any atom is -0.481 e. The van der Waals surface area contributed by atoms with Crippen LogP contribution >= 0.6 is 0 Å². The number of aliphatic carboxylic acids is 1. The van der Waals surface area contributed by atoms with Crippen LogP contribution in [0.3, 0.4) is 0 Å². The molecule has 12 heteroatoms. The maximum absolute atomic E-state index is 13.3. The van der Waals surface area contributed by atoms with Crippen molar-refractivity contribution in [3.8, 4) is 0 Å². The number of aldehydes is 1. The van der Waals surface area contributed by atoms with Crippen molar-refractivity contribution < 1.29 is 33.9 Å². The van der Waals surface area contributed by atoms with Gasteiger partial charge in [0.05, 0.1) is 12.5 Å². The zero-order valence-corrected chi connectivity index (χ0v) is 18.3. The van der Waals surface area contributed by atoms with Crippen molar-refractivity contribution in [2.45, 2.75) is 50.2 Å². The highest BCUT2D eigenvalue weighted by atomic mass is 16.4. The molecule has 2 fully saturated rings. The molecule has 2 aliphatic rings. The van der Waals surface area contributed by atoms with Crippen molar-refractivity contribution in [1.29, 1.82) is 0 Å². The van der Waals surface area contributed by atoms with Crippen LogP contribution in [0, 0.1) is 0 Å². The lowest BCUT2D eigenvalue weighted by molar-refractivity contribution is -0.176. The molecule has 3 rings (SSSR count). The molecule has 12 nitrogen and oxygen atoms in total. The number of nitrogens with one attached hydrogen (secondary N) is 2. The molecule has 0 radical (unpaired) electrons. The molecular formula is C22H25N5O7. The van der Waals surface area contributed by atoms with Crippen LogP contribution in [0.4, 0.5) is 0 Å². The van der Waals surface area contributed by atoms with E-state index in [1.807, 2.05) is 0 Å². The fourth-order valence-corrected chi connectivity index (χ4v) is 3.87. The molecule has 0 bridgehead atoms. The van der Waals surface area contributed by atoms with E-state index in [0.717, 1.165) is 10.6 Å². The number of nitrogens with zero attached hydrogens (tertiary/aromatic N) is 3. The van der Waals surface area contributed by atoms with E-state index < -0.39 is 48.2 Å². The minimum absolute atomic E-state index is 0.00836. The molecule has 1 aromatic heterocycles. The average Bonchev–Trinajstić information content (AvgIpc) is 2.94. The van der Waals surface area contributed by atoms with Gasteiger partial charge in [0.2, 0.25) is 17.7 Å². The smallest absolute Gasteiger partial charge is 0.305 e. The van der Waals surface area contributed by atoms with E-state index in [1.165, 1.54) is 11.1 Å². The Hall–Kier alpha value is -4.09. The van der Waals surface area contributed by atoms with Gasteiger partial charge in [-0.15, -0.1) is 0 Å². The van der Waals surface area contributed by atoms with E-state index in [4.69, 9.17) is 5.11 Å². The first-order chi connectivity index (χ1) is 16.3. The molecule has 0 aliphatic carbocycles. The lowest BCUT2D eigenvalue weighted by Gasteiger charge is -2.43. The quantitative estimate of drug-likeness (QED) is 0.329. The summed E-state index contributed by atoms with van der Waals surface area (Å²) in [6, 6.07) is -0.0353. The second kappa shape index (κ2) is 11.2. The van der Waals surface area contributed by atoms with Gasteiger partial charge >= 0.3 is 5.97 Å². The van der Waals surface area contributed by atoms with Gasteiger partial charge in [-0.2, -0.15) is 0 Å². The van der Waals surface area contributed by atoms with Crippen LogP contribution in [-0.2, 0) is 28.8 Å². The SMILES string of the molecule is O=CC(CC(=O)O)NC(=O)C1CCCN2C(=O)CCC(NC(=O)/C=C/c3ccncc3)C(=O)N12. The molecule has 34 heavy (non-hydrogen) atoms. The summed E-state index contributed by atoms with van der Waals surface area (Å²) < 4.78 is 0. The molecular weight excluding hydrogens is 446 g/mol. The second-order valence-electron chi connectivity index (χ2n) is 7.92. The van der Waals surface area contributed by atoms with Crippen LogP contribution in [0.25, 0.3) is 6.08 Å². The molecule has 0 spiro atoms. The Morgan fingerprint density at radius 1 is 1.21 bits per heavy atom. The van der Waals surface area contributed by atoms with Crippen LogP contribution < -0.4 is 10.6 Å². The van der Waals surface area contributed by atoms with Gasteiger partial charge in [-0.3, -0.25) is 34.0 Å². The highest BCUT2D eigenvalue weighted by Gasteiger charge is 2.44. The maximum atomic E-state index is 13.3. The minimum atomic E-state index is -1.27. The molecule has 2 saturated heterocycles. The predicted molar refractivity (Wildman–Crippen MR) is 116 cm³/mol. The summed E-state index contributed by atoms with van der Waals surface area (Å²) in [7, 11) is 0. The first-order valence-corrected chi connectivity index (χ1v) is 10.8. The number of carbonyl (C=O) groups excluding carboxylic acids is 5. The number of amides is 4. The number of carbonyl (C=O) groups is 6. The maximum Gasteiger partial charge on any atom is 0.305 e. The van der Waals surface area contributed by atoms with Crippen molar-refractivity contribution >= 4 is 42.0 Å². The molecule has 3 atom stereocenters. The van der Waals surface area contributed by atoms with Gasteiger partial charge in [-0.1, -0.05) is 0 Å². The van der Waals surface area contributed by atoms with Gasteiger partial charge in [0.15, 0.2) is 0 Å². The van der Waals surface area contributed by atoms with Crippen molar-refractivity contribution in [1.82, 2.24) is 25.6 Å². The van der Waals surface area contributed by atoms with E-state index in [9.17, 15) is 28.8 Å². The highest BCUT2D eigenvalue weighted by Crippen LogP contribution is 2.25. The third kappa shape index (κ3) is 6.03. The zero-order chi connectivity index (χ0) is 24.7. The fraction of sp³-hybridized carbons (Fsp3) is 0.409. The van der Waals surface area contributed by atoms with Crippen LogP contribution in [-0.4, -0.2) is 80.7 Å². The second-order valence-corrected chi connectivity index (χ2v) is 7.92. The zero-order valence-electron chi connectivity index (χ0n) is 18.3. The predicted octanol–water partition coefficient (Wildman–Crippen LogP) is -0.734. The van der Waals surface area contributed by atoms with E-state index in [-0.39, 0.29) is 31.7 Å². The number of carboxylic acid groups (broad SMARTS) is 1. The first-order valence-electron chi connectivity index (χ1n) is 10.8. The summed E-state index contributed by atoms with van der Waals surface area (Å²) in [6.07, 6.45) is 6.34. The highest BCUT2D eigenvalue weighted by molar-refractivity contribution is 5.98. The molecule has 3 N–H and O–H groups in total. The number of rotatable bonds is 8. The third-order valence-corrected chi connectivity index (χ3v) is 5.50. The van der Waals surface area contributed by atoms with E-state index in [1.54, 1.807) is 30.6 Å². The number of aromatic nitrogens is 1. The molecule has 1 aromatic rings. The summed E-state index contributed by atoms with van der Waals surface area (Å²) in [4.78, 5) is 77.2. The largest absolute Gasteiger partial charge is 0.481 e. The van der Waals surface area contributed by atoms with Gasteiger partial charge in [-0.05, 0) is 43.0 Å². The Kier molecular flexibility index (Phi) is 8.06. The van der Waals surface area contributed by atoms with Crippen LogP contribution in [0.5, 0.6) is 0 Å². The Morgan fingerprint density at radius 3 is 2.62 bits per heavy atom. The number of carboxylic acids is 1. The Balaban J connectivity index is 1.75. The molecule has 3 unspecified atom stereocenters. The fourth-order valence-electron chi connectivity index (χ4n) is 3.87. The average molecular weight is 471 g/mol. The summed E-state index contributed by atoms with van der Waals surface area (Å²) in [5.74, 6) is -3.55. The summed E-state index contributed by atoms with van der Waals surface area (Å²) in [5.41, 5.74) is 0.734. The molecule has 4 amide bonds. The van der Waals surface area contributed by atoms with Gasteiger partial charge in [0.1, 0.15) is 18.4 Å². The van der Waals surface area contributed by atoms with Crippen molar-refractivity contribution in [2.24, 2.45) is 0 Å². The topological polar surface area (TPSA) is 166 Å². The summed E-state index contributed by atoms with van der Waals surface area (Å²) >= 11 is 0. The van der Waals surface area contributed by atoms with Crippen LogP contribution in [0.15, 0.2) is 30.6 Å². The van der Waals surface area contributed by atoms with Gasteiger partial charge < -0.3 is 20.5 Å². The lowest BCUT2D eigenvalue weighted by atomic mass is 10.0. The van der Waals surface area contributed by atoms with Crippen LogP contribution in [0.1, 0.15) is 37.7 Å². The monoisotopic (exact) mass is 471 g/mol. The number of pyridine rings is 1. The first kappa shape index (κ1) is 24.6. The number of hydrogen-bond acceptors (Lipinski definition) is 7. The Labute approximate surface area is 195 Å². The van der Waals surface area contributed by atoms with Crippen molar-refractivity contribution in [2.75, 3.05) is 6.54 Å². The van der Waals surface area contributed by atoms with Gasteiger partial charge in [0, 0.05) is 31.4 Å². The van der Waals surface area contributed by atoms with E-state index in [2.05, 4.69) is 15.6 Å². The summed E-state index contributed by atoms with van der Waals surface area (Å²) in [5, 5.41) is 16.1. The third-order valence-electron chi connectivity index (χ3n) is 5.50. The Morgan fingerprint density at radius 2 is 1.94 bits per heavy atom. The Bertz CT molecular complexity index is 997. The lowest BCUT2D eigenvalue weighted by Crippen LogP contribution is -2.64. The number of hydrogen-bond donors (Lipinski definition) is 3. The molecule has 3 heterocycles. The molecule has 180 valence electrons. The van der Waals surface area contributed by atoms with Gasteiger partial charge in [0.25, 0.3) is 5.91 Å². The molecule has 0 saturated carbocycles. The van der Waals surface area contributed by atoms with Crippen molar-refractivity contribution in [3.63, 3.8) is 0 Å². The molecule has 0 aromatic carbocycles. The van der Waals surface area contributed by atoms with E-state index in [0.29, 0.717) is 12.7 Å². The normalized spacial score (nSPS) is 21.4. The van der Waals surface area contributed by atoms with Crippen molar-refractivity contribution in [3.05, 3.63) is 36.2 Å². The molecule has 2 aliphatic heterocycles. The van der Waals surface area contributed by atoms with Gasteiger partial charge in [-0.25, -0.2) is 5.01 Å². The number of hydrazine groups is 1.